The molecule has 0 atom stereocenters. The molecule has 0 aliphatic carbocycles. The Kier molecular flexibility index (Phi) is 7.65. The van der Waals surface area contributed by atoms with Crippen molar-refractivity contribution in [3.8, 4) is 0 Å². The molecule has 23 heavy (non-hydrogen) atoms. The minimum absolute atomic E-state index is 0.275. The lowest BCUT2D eigenvalue weighted by Crippen LogP contribution is -2.48. The molecule has 1 aliphatic heterocycles. The molecule has 0 radical (unpaired) electrons. The number of thioether (sulfide) groups is 1. The Hall–Kier alpha value is -0.790. The molecule has 1 saturated heterocycles. The van der Waals surface area contributed by atoms with E-state index in [0.29, 0.717) is 0 Å². The Morgan fingerprint density at radius 2 is 2.22 bits per heavy atom. The molecule has 7 heteroatoms. The van der Waals surface area contributed by atoms with Crippen LogP contribution in [0.3, 0.4) is 0 Å². The summed E-state index contributed by atoms with van der Waals surface area (Å²) < 4.78 is 5.80. The molecule has 0 saturated carbocycles. The lowest BCUT2D eigenvalue weighted by molar-refractivity contribution is 0.0782. The van der Waals surface area contributed by atoms with Crippen molar-refractivity contribution in [1.82, 2.24) is 15.6 Å². The van der Waals surface area contributed by atoms with E-state index in [1.807, 2.05) is 25.0 Å². The van der Waals surface area contributed by atoms with Gasteiger partial charge in [-0.25, -0.2) is 4.98 Å². The van der Waals surface area contributed by atoms with Crippen LogP contribution in [0.4, 0.5) is 0 Å². The molecule has 1 fully saturated rings. The minimum atomic E-state index is 0.275. The summed E-state index contributed by atoms with van der Waals surface area (Å²) in [4.78, 5) is 10.00. The summed E-state index contributed by atoms with van der Waals surface area (Å²) in [5.74, 6) is 2.01. The molecule has 5 nitrogen and oxygen atoms in total. The van der Waals surface area contributed by atoms with Crippen molar-refractivity contribution in [2.24, 2.45) is 4.99 Å². The second-order valence-corrected chi connectivity index (χ2v) is 8.75. The van der Waals surface area contributed by atoms with Gasteiger partial charge in [-0.05, 0) is 25.5 Å². The maximum absolute atomic E-state index is 5.53. The molecular formula is C16H28N4OS2. The van der Waals surface area contributed by atoms with Gasteiger partial charge in [0.25, 0.3) is 0 Å². The highest BCUT2D eigenvalue weighted by Crippen LogP contribution is 2.34. The molecule has 1 aromatic rings. The normalized spacial score (nSPS) is 18.0. The highest BCUT2D eigenvalue weighted by atomic mass is 32.2. The number of nitrogens with zero attached hydrogens (tertiary/aromatic N) is 2. The highest BCUT2D eigenvalue weighted by Gasteiger charge is 2.32. The Morgan fingerprint density at radius 1 is 1.43 bits per heavy atom. The predicted octanol–water partition coefficient (Wildman–Crippen LogP) is 2.46. The third kappa shape index (κ3) is 5.97. The van der Waals surface area contributed by atoms with Crippen LogP contribution < -0.4 is 10.6 Å². The van der Waals surface area contributed by atoms with Crippen LogP contribution in [-0.2, 0) is 11.2 Å². The molecule has 1 aromatic heterocycles. The quantitative estimate of drug-likeness (QED) is 0.580. The lowest BCUT2D eigenvalue weighted by atomic mass is 9.99. The zero-order valence-corrected chi connectivity index (χ0v) is 16.0. The van der Waals surface area contributed by atoms with Crippen molar-refractivity contribution in [3.05, 3.63) is 16.1 Å². The molecule has 130 valence electrons. The second kappa shape index (κ2) is 9.49. The summed E-state index contributed by atoms with van der Waals surface area (Å²) in [5.41, 5.74) is 0. The monoisotopic (exact) mass is 356 g/mol. The third-order valence-electron chi connectivity index (χ3n) is 3.96. The van der Waals surface area contributed by atoms with Gasteiger partial charge in [-0.2, -0.15) is 11.8 Å². The van der Waals surface area contributed by atoms with Gasteiger partial charge >= 0.3 is 0 Å². The second-order valence-electron chi connectivity index (χ2n) is 5.70. The summed E-state index contributed by atoms with van der Waals surface area (Å²) >= 11 is 3.80. The molecule has 2 rings (SSSR count). The van der Waals surface area contributed by atoms with Crippen molar-refractivity contribution >= 4 is 29.1 Å². The van der Waals surface area contributed by atoms with Gasteiger partial charge in [0.2, 0.25) is 0 Å². The fourth-order valence-electron chi connectivity index (χ4n) is 2.69. The first kappa shape index (κ1) is 18.5. The average Bonchev–Trinajstić information content (AvgIpc) is 2.97. The van der Waals surface area contributed by atoms with Gasteiger partial charge in [0.1, 0.15) is 0 Å². The number of rotatable bonds is 7. The summed E-state index contributed by atoms with van der Waals surface area (Å²) in [6, 6.07) is 0. The zero-order chi connectivity index (χ0) is 16.5. The van der Waals surface area contributed by atoms with Gasteiger partial charge in [-0.1, -0.05) is 6.92 Å². The molecule has 0 spiro atoms. The molecule has 0 aromatic carbocycles. The Bertz CT molecular complexity index is 493. The van der Waals surface area contributed by atoms with Crippen molar-refractivity contribution in [2.75, 3.05) is 39.1 Å². The smallest absolute Gasteiger partial charge is 0.191 e. The maximum atomic E-state index is 5.53. The van der Waals surface area contributed by atoms with Crippen LogP contribution in [0, 0.1) is 6.92 Å². The van der Waals surface area contributed by atoms with Gasteiger partial charge in [-0.3, -0.25) is 4.99 Å². The number of ether oxygens (including phenoxy) is 1. The topological polar surface area (TPSA) is 58.5 Å². The summed E-state index contributed by atoms with van der Waals surface area (Å²) in [5, 5.41) is 8.07. The van der Waals surface area contributed by atoms with E-state index >= 15 is 0 Å². The fourth-order valence-corrected chi connectivity index (χ4v) is 4.72. The standard InChI is InChI=1S/C16H28N4OS2/c1-4-22-16(6-9-21-10-7-16)12-20-15(17-3)18-8-5-14-19-11-13(2)23-14/h11H,4-10,12H2,1-3H3,(H2,17,18,20). The van der Waals surface area contributed by atoms with Gasteiger partial charge in [0.05, 0.1) is 5.01 Å². The number of nitrogens with one attached hydrogen (secondary N) is 2. The van der Waals surface area contributed by atoms with Crippen LogP contribution in [-0.4, -0.2) is 54.8 Å². The van der Waals surface area contributed by atoms with Gasteiger partial charge in [-0.15, -0.1) is 11.3 Å². The number of guanidine groups is 1. The summed E-state index contributed by atoms with van der Waals surface area (Å²) in [6.45, 7) is 7.83. The largest absolute Gasteiger partial charge is 0.381 e. The van der Waals surface area contributed by atoms with E-state index in [2.05, 4.69) is 34.5 Å². The van der Waals surface area contributed by atoms with E-state index in [0.717, 1.165) is 57.3 Å². The average molecular weight is 357 g/mol. The van der Waals surface area contributed by atoms with E-state index in [1.54, 1.807) is 11.3 Å². The van der Waals surface area contributed by atoms with Crippen LogP contribution in [0.15, 0.2) is 11.2 Å². The van der Waals surface area contributed by atoms with Gasteiger partial charge < -0.3 is 15.4 Å². The molecule has 2 N–H and O–H groups in total. The number of aromatic nitrogens is 1. The SMILES string of the molecule is CCSC1(CNC(=NC)NCCc2ncc(C)s2)CCOCC1. The van der Waals surface area contributed by atoms with Crippen LogP contribution in [0.5, 0.6) is 0 Å². The Labute approximate surface area is 147 Å². The van der Waals surface area contributed by atoms with Gasteiger partial charge in [0, 0.05) is 55.6 Å². The van der Waals surface area contributed by atoms with Crippen LogP contribution in [0.2, 0.25) is 0 Å². The Morgan fingerprint density at radius 3 is 2.83 bits per heavy atom. The highest BCUT2D eigenvalue weighted by molar-refractivity contribution is 8.00. The van der Waals surface area contributed by atoms with Crippen LogP contribution >= 0.6 is 23.1 Å². The molecule has 2 heterocycles. The van der Waals surface area contributed by atoms with E-state index < -0.39 is 0 Å². The molecule has 0 amide bonds. The Balaban J connectivity index is 1.77. The number of aliphatic imine (C=N–C) groups is 1. The number of hydrogen-bond acceptors (Lipinski definition) is 5. The van der Waals surface area contributed by atoms with Crippen molar-refractivity contribution in [3.63, 3.8) is 0 Å². The third-order valence-corrected chi connectivity index (χ3v) is 6.38. The van der Waals surface area contributed by atoms with Gasteiger partial charge in [0.15, 0.2) is 5.96 Å². The first-order chi connectivity index (χ1) is 11.2. The van der Waals surface area contributed by atoms with E-state index in [-0.39, 0.29) is 4.75 Å². The first-order valence-electron chi connectivity index (χ1n) is 8.25. The number of thiazole rings is 1. The number of aryl methyl sites for hydroxylation is 1. The fraction of sp³-hybridized carbons (Fsp3) is 0.750. The van der Waals surface area contributed by atoms with Crippen molar-refractivity contribution < 1.29 is 4.74 Å². The lowest BCUT2D eigenvalue weighted by Gasteiger charge is -2.37. The van der Waals surface area contributed by atoms with Crippen molar-refractivity contribution in [1.29, 1.82) is 0 Å². The first-order valence-corrected chi connectivity index (χ1v) is 10.1. The maximum Gasteiger partial charge on any atom is 0.191 e. The molecule has 0 unspecified atom stereocenters. The number of hydrogen-bond donors (Lipinski definition) is 2. The zero-order valence-electron chi connectivity index (χ0n) is 14.4. The van der Waals surface area contributed by atoms with Crippen LogP contribution in [0.1, 0.15) is 29.7 Å². The molecule has 1 aliphatic rings. The van der Waals surface area contributed by atoms with E-state index in [1.165, 1.54) is 9.88 Å². The van der Waals surface area contributed by atoms with E-state index in [9.17, 15) is 0 Å². The summed E-state index contributed by atoms with van der Waals surface area (Å²) in [7, 11) is 1.83. The minimum Gasteiger partial charge on any atom is -0.381 e. The molecular weight excluding hydrogens is 328 g/mol. The predicted molar refractivity (Wildman–Crippen MR) is 101 cm³/mol. The van der Waals surface area contributed by atoms with Crippen molar-refractivity contribution in [2.45, 2.75) is 37.9 Å². The van der Waals surface area contributed by atoms with E-state index in [4.69, 9.17) is 4.74 Å². The van der Waals surface area contributed by atoms with Crippen LogP contribution in [0.25, 0.3) is 0 Å². The molecule has 0 bridgehead atoms. The summed E-state index contributed by atoms with van der Waals surface area (Å²) in [6.07, 6.45) is 5.08.